The Hall–Kier alpha value is -4.39. The normalized spacial score (nSPS) is 20.2. The lowest BCUT2D eigenvalue weighted by atomic mass is 10.1. The molecule has 4 N–H and O–H groups in total. The number of likely N-dealkylation sites (N-methyl/N-ethyl adjacent to an activating group) is 1. The van der Waals surface area contributed by atoms with Gasteiger partial charge >= 0.3 is 6.18 Å². The summed E-state index contributed by atoms with van der Waals surface area (Å²) in [5.74, 6) is -0.782. The highest BCUT2D eigenvalue weighted by Crippen LogP contribution is 2.38. The number of ether oxygens (including phenoxy) is 1. The molecule has 1 saturated heterocycles. The summed E-state index contributed by atoms with van der Waals surface area (Å²) >= 11 is 0. The van der Waals surface area contributed by atoms with Gasteiger partial charge in [-0.05, 0) is 62.2 Å². The van der Waals surface area contributed by atoms with Crippen LogP contribution in [0.15, 0.2) is 48.7 Å². The number of rotatable bonds is 8. The monoisotopic (exact) mass is 597 g/mol. The van der Waals surface area contributed by atoms with Crippen molar-refractivity contribution in [3.05, 3.63) is 70.9 Å². The number of halogens is 3. The molecule has 0 radical (unpaired) electrons. The molecule has 1 aliphatic heterocycles. The minimum atomic E-state index is -4.73. The number of fused-ring (bicyclic) bond motifs is 1. The highest BCUT2D eigenvalue weighted by Gasteiger charge is 2.39. The summed E-state index contributed by atoms with van der Waals surface area (Å²) in [6.07, 6.45) is -1.73. The van der Waals surface area contributed by atoms with Crippen molar-refractivity contribution in [1.82, 2.24) is 25.5 Å². The minimum absolute atomic E-state index is 0.0411. The molecular formula is C30H34F3N7O3. The van der Waals surface area contributed by atoms with Crippen LogP contribution in [0.1, 0.15) is 52.9 Å². The molecule has 2 heterocycles. The van der Waals surface area contributed by atoms with Crippen LogP contribution in [0.2, 0.25) is 0 Å². The van der Waals surface area contributed by atoms with Crippen molar-refractivity contribution in [1.29, 1.82) is 0 Å². The van der Waals surface area contributed by atoms with Gasteiger partial charge in [0.15, 0.2) is 0 Å². The second-order valence-corrected chi connectivity index (χ2v) is 10.9. The molecule has 1 aliphatic carbocycles. The summed E-state index contributed by atoms with van der Waals surface area (Å²) in [7, 11) is 3.44. The topological polar surface area (TPSA) is 121 Å². The van der Waals surface area contributed by atoms with Crippen LogP contribution in [0.25, 0.3) is 0 Å². The van der Waals surface area contributed by atoms with Gasteiger partial charge in [-0.15, -0.1) is 0 Å². The summed E-state index contributed by atoms with van der Waals surface area (Å²) in [5.41, 5.74) is 1.47. The number of benzene rings is 2. The van der Waals surface area contributed by atoms with Gasteiger partial charge in [0, 0.05) is 31.3 Å². The van der Waals surface area contributed by atoms with Crippen molar-refractivity contribution in [2.24, 2.45) is 0 Å². The average Bonchev–Trinajstić information content (AvgIpc) is 3.28. The zero-order chi connectivity index (χ0) is 30.7. The van der Waals surface area contributed by atoms with Crippen LogP contribution in [0, 0.1) is 0 Å². The Morgan fingerprint density at radius 1 is 1.12 bits per heavy atom. The van der Waals surface area contributed by atoms with Crippen molar-refractivity contribution in [3.8, 4) is 5.75 Å². The van der Waals surface area contributed by atoms with Gasteiger partial charge < -0.3 is 30.9 Å². The fraction of sp³-hybridized carbons (Fsp3) is 0.400. The number of hydrogen-bond donors (Lipinski definition) is 4. The van der Waals surface area contributed by atoms with Crippen molar-refractivity contribution in [2.75, 3.05) is 37.9 Å². The van der Waals surface area contributed by atoms with Gasteiger partial charge in [0.2, 0.25) is 11.9 Å². The highest BCUT2D eigenvalue weighted by molar-refractivity contribution is 5.95. The summed E-state index contributed by atoms with van der Waals surface area (Å²) in [6.45, 7) is 3.12. The molecule has 3 aromatic rings. The van der Waals surface area contributed by atoms with Crippen molar-refractivity contribution >= 4 is 29.3 Å². The van der Waals surface area contributed by atoms with E-state index in [2.05, 4.69) is 36.1 Å². The van der Waals surface area contributed by atoms with E-state index in [4.69, 9.17) is 4.74 Å². The molecule has 1 unspecified atom stereocenters. The third kappa shape index (κ3) is 6.99. The first-order valence-electron chi connectivity index (χ1n) is 14.0. The first-order valence-corrected chi connectivity index (χ1v) is 14.0. The van der Waals surface area contributed by atoms with Crippen LogP contribution >= 0.6 is 0 Å². The van der Waals surface area contributed by atoms with E-state index in [9.17, 15) is 22.8 Å². The fourth-order valence-corrected chi connectivity index (χ4v) is 5.67. The zero-order valence-electron chi connectivity index (χ0n) is 24.1. The number of amides is 2. The Morgan fingerprint density at radius 3 is 2.63 bits per heavy atom. The molecule has 0 bridgehead atoms. The Morgan fingerprint density at radius 2 is 1.91 bits per heavy atom. The summed E-state index contributed by atoms with van der Waals surface area (Å²) in [6, 6.07) is 11.1. The molecule has 5 rings (SSSR count). The lowest BCUT2D eigenvalue weighted by molar-refractivity contribution is -0.137. The van der Waals surface area contributed by atoms with Gasteiger partial charge in [0.1, 0.15) is 17.1 Å². The lowest BCUT2D eigenvalue weighted by Gasteiger charge is -2.30. The van der Waals surface area contributed by atoms with E-state index < -0.39 is 29.6 Å². The van der Waals surface area contributed by atoms with E-state index in [-0.39, 0.29) is 23.8 Å². The van der Waals surface area contributed by atoms with Gasteiger partial charge in [-0.3, -0.25) is 9.59 Å². The fourth-order valence-electron chi connectivity index (χ4n) is 5.67. The molecule has 2 aliphatic rings. The molecular weight excluding hydrogens is 563 g/mol. The van der Waals surface area contributed by atoms with Crippen LogP contribution in [0.5, 0.6) is 5.75 Å². The minimum Gasteiger partial charge on any atom is -0.495 e. The van der Waals surface area contributed by atoms with E-state index >= 15 is 0 Å². The van der Waals surface area contributed by atoms with E-state index in [1.165, 1.54) is 14.0 Å². The predicted octanol–water partition coefficient (Wildman–Crippen LogP) is 4.29. The summed E-state index contributed by atoms with van der Waals surface area (Å²) in [5, 5.41) is 11.7. The molecule has 13 heteroatoms. The molecule has 0 spiro atoms. The van der Waals surface area contributed by atoms with E-state index in [0.717, 1.165) is 37.1 Å². The number of alkyl halides is 3. The molecule has 0 saturated carbocycles. The molecule has 2 aromatic carbocycles. The number of carbonyl (C=O) groups excluding carboxylic acids is 2. The number of nitrogens with zero attached hydrogens (tertiary/aromatic N) is 3. The second-order valence-electron chi connectivity index (χ2n) is 10.9. The first-order chi connectivity index (χ1) is 20.5. The van der Waals surface area contributed by atoms with E-state index in [1.807, 2.05) is 31.3 Å². The van der Waals surface area contributed by atoms with Crippen molar-refractivity contribution in [2.45, 2.75) is 50.5 Å². The Kier molecular flexibility index (Phi) is 8.71. The standard InChI is InChI=1S/C30H34F3N7O3/c1-17(41)35-26-21-9-5-4-7-18(21)13-24(26)37-27-22(30(31,32)33)15-34-29(39-27)38-23-11-10-19(14-25(23)43-3)28(42)36-20-8-6-12-40(2)16-20/h4-5,7,9-11,14-15,20,24,26H,6,8,12-13,16H2,1-3H3,(H,35,41)(H,36,42)(H2,34,37,38,39)/t20?,24-,26-/m1/s1. The zero-order valence-corrected chi connectivity index (χ0v) is 24.1. The van der Waals surface area contributed by atoms with Gasteiger partial charge in [-0.25, -0.2) is 4.98 Å². The molecule has 43 heavy (non-hydrogen) atoms. The Bertz CT molecular complexity index is 1500. The number of aromatic nitrogens is 2. The maximum absolute atomic E-state index is 14.0. The van der Waals surface area contributed by atoms with Gasteiger partial charge in [0.25, 0.3) is 5.91 Å². The Labute approximate surface area is 247 Å². The summed E-state index contributed by atoms with van der Waals surface area (Å²) in [4.78, 5) is 35.1. The number of hydrogen-bond acceptors (Lipinski definition) is 8. The third-order valence-corrected chi connectivity index (χ3v) is 7.68. The van der Waals surface area contributed by atoms with E-state index in [1.54, 1.807) is 18.2 Å². The molecule has 1 aromatic heterocycles. The molecule has 1 fully saturated rings. The Balaban J connectivity index is 1.38. The number of carbonyl (C=O) groups is 2. The number of piperidine rings is 1. The molecule has 3 atom stereocenters. The van der Waals surface area contributed by atoms with E-state index in [0.29, 0.717) is 29.6 Å². The quantitative estimate of drug-likeness (QED) is 0.304. The van der Waals surface area contributed by atoms with Crippen LogP contribution in [0.4, 0.5) is 30.6 Å². The molecule has 228 valence electrons. The van der Waals surface area contributed by atoms with Crippen LogP contribution < -0.4 is 26.0 Å². The average molecular weight is 598 g/mol. The highest BCUT2D eigenvalue weighted by atomic mass is 19.4. The SMILES string of the molecule is COc1cc(C(=O)NC2CCCN(C)C2)ccc1Nc1ncc(C(F)(F)F)c(N[C@@H]2Cc3ccccc3[C@H]2NC(C)=O)n1. The number of nitrogens with one attached hydrogen (secondary N) is 4. The maximum atomic E-state index is 14.0. The first kappa shape index (κ1) is 30.1. The lowest BCUT2D eigenvalue weighted by Crippen LogP contribution is -2.46. The van der Waals surface area contributed by atoms with Gasteiger partial charge in [-0.1, -0.05) is 24.3 Å². The maximum Gasteiger partial charge on any atom is 0.421 e. The van der Waals surface area contributed by atoms with Gasteiger partial charge in [0.05, 0.1) is 24.9 Å². The largest absolute Gasteiger partial charge is 0.495 e. The van der Waals surface area contributed by atoms with Crippen LogP contribution in [-0.4, -0.2) is 66.0 Å². The van der Waals surface area contributed by atoms with Gasteiger partial charge in [-0.2, -0.15) is 18.2 Å². The van der Waals surface area contributed by atoms with Crippen molar-refractivity contribution < 1.29 is 27.5 Å². The number of likely N-dealkylation sites (tertiary alicyclic amines) is 1. The molecule has 2 amide bonds. The smallest absolute Gasteiger partial charge is 0.421 e. The molecule has 10 nitrogen and oxygen atoms in total. The predicted molar refractivity (Wildman–Crippen MR) is 155 cm³/mol. The number of anilines is 3. The summed E-state index contributed by atoms with van der Waals surface area (Å²) < 4.78 is 47.5. The van der Waals surface area contributed by atoms with Crippen LogP contribution in [0.3, 0.4) is 0 Å². The van der Waals surface area contributed by atoms with Crippen LogP contribution in [-0.2, 0) is 17.4 Å². The number of methoxy groups -OCH3 is 1. The second kappa shape index (κ2) is 12.5. The van der Waals surface area contributed by atoms with Crippen molar-refractivity contribution in [3.63, 3.8) is 0 Å². The third-order valence-electron chi connectivity index (χ3n) is 7.68.